The Morgan fingerprint density at radius 2 is 2.00 bits per heavy atom. The smallest absolute Gasteiger partial charge is 0.159 e. The summed E-state index contributed by atoms with van der Waals surface area (Å²) in [4.78, 5) is 0. The van der Waals surface area contributed by atoms with Crippen LogP contribution in [0.1, 0.15) is 43.8 Å². The maximum absolute atomic E-state index is 6.24. The predicted molar refractivity (Wildman–Crippen MR) is 74.4 cm³/mol. The summed E-state index contributed by atoms with van der Waals surface area (Å²) in [5, 5.41) is 12.7. The number of tetrazole rings is 1. The molecule has 0 bridgehead atoms. The first-order valence-electron chi connectivity index (χ1n) is 6.59. The zero-order valence-corrected chi connectivity index (χ0v) is 11.3. The molecule has 1 heterocycles. The van der Waals surface area contributed by atoms with E-state index in [9.17, 15) is 0 Å². The number of aromatic nitrogens is 4. The van der Waals surface area contributed by atoms with E-state index in [1.54, 1.807) is 10.7 Å². The lowest BCUT2D eigenvalue weighted by Crippen LogP contribution is -2.12. The highest BCUT2D eigenvalue weighted by Crippen LogP contribution is 2.33. The number of anilines is 1. The summed E-state index contributed by atoms with van der Waals surface area (Å²) >= 11 is 6.24. The van der Waals surface area contributed by atoms with Gasteiger partial charge in [0.25, 0.3) is 0 Å². The summed E-state index contributed by atoms with van der Waals surface area (Å²) in [6, 6.07) is 5.40. The lowest BCUT2D eigenvalue weighted by molar-refractivity contribution is 0.422. The van der Waals surface area contributed by atoms with Crippen molar-refractivity contribution in [2.45, 2.75) is 38.0 Å². The van der Waals surface area contributed by atoms with Crippen molar-refractivity contribution in [1.82, 2.24) is 20.2 Å². The van der Waals surface area contributed by atoms with Crippen molar-refractivity contribution in [2.24, 2.45) is 0 Å². The molecule has 1 aliphatic rings. The van der Waals surface area contributed by atoms with Crippen molar-refractivity contribution < 1.29 is 0 Å². The van der Waals surface area contributed by atoms with Crippen molar-refractivity contribution in [3.63, 3.8) is 0 Å². The average molecular weight is 278 g/mol. The molecule has 0 unspecified atom stereocenters. The number of rotatable bonds is 2. The van der Waals surface area contributed by atoms with Crippen molar-refractivity contribution in [2.75, 3.05) is 5.73 Å². The van der Waals surface area contributed by atoms with Gasteiger partial charge < -0.3 is 5.73 Å². The van der Waals surface area contributed by atoms with Gasteiger partial charge in [-0.1, -0.05) is 30.9 Å². The van der Waals surface area contributed by atoms with Crippen LogP contribution in [0.2, 0.25) is 5.02 Å². The van der Waals surface area contributed by atoms with Crippen LogP contribution in [0.5, 0.6) is 0 Å². The number of hydrogen-bond acceptors (Lipinski definition) is 4. The second-order valence-corrected chi connectivity index (χ2v) is 5.40. The van der Waals surface area contributed by atoms with Crippen LogP contribution in [0.15, 0.2) is 18.2 Å². The monoisotopic (exact) mass is 277 g/mol. The number of nitrogen functional groups attached to an aromatic ring is 1. The van der Waals surface area contributed by atoms with E-state index in [2.05, 4.69) is 15.5 Å². The Hall–Kier alpha value is -1.62. The fourth-order valence-electron chi connectivity index (χ4n) is 2.68. The summed E-state index contributed by atoms with van der Waals surface area (Å²) < 4.78 is 1.75. The van der Waals surface area contributed by atoms with E-state index >= 15 is 0 Å². The molecule has 0 spiro atoms. The van der Waals surface area contributed by atoms with Gasteiger partial charge in [-0.25, -0.2) is 0 Å². The van der Waals surface area contributed by atoms with Crippen molar-refractivity contribution in [3.05, 3.63) is 29.0 Å². The van der Waals surface area contributed by atoms with Gasteiger partial charge in [0.15, 0.2) is 5.82 Å². The summed E-state index contributed by atoms with van der Waals surface area (Å²) in [7, 11) is 0. The zero-order valence-electron chi connectivity index (χ0n) is 10.6. The fourth-order valence-corrected chi connectivity index (χ4v) is 2.94. The quantitative estimate of drug-likeness (QED) is 0.857. The molecular weight excluding hydrogens is 262 g/mol. The summed E-state index contributed by atoms with van der Waals surface area (Å²) in [6.07, 6.45) is 6.08. The minimum absolute atomic E-state index is 0.428. The van der Waals surface area contributed by atoms with E-state index < -0.39 is 0 Å². The van der Waals surface area contributed by atoms with E-state index in [4.69, 9.17) is 17.3 Å². The number of nitrogens with two attached hydrogens (primary N) is 1. The molecule has 2 aromatic rings. The minimum atomic E-state index is 0.428. The Labute approximate surface area is 116 Å². The van der Waals surface area contributed by atoms with Gasteiger partial charge in [-0.2, -0.15) is 4.68 Å². The highest BCUT2D eigenvalue weighted by molar-refractivity contribution is 6.32. The van der Waals surface area contributed by atoms with Crippen LogP contribution >= 0.6 is 11.6 Å². The first kappa shape index (κ1) is 12.4. The van der Waals surface area contributed by atoms with E-state index in [0.717, 1.165) is 24.4 Å². The Balaban J connectivity index is 1.99. The lowest BCUT2D eigenvalue weighted by atomic mass is 9.89. The van der Waals surface area contributed by atoms with E-state index in [-0.39, 0.29) is 0 Å². The van der Waals surface area contributed by atoms with Crippen LogP contribution in [0.25, 0.3) is 5.69 Å². The first-order valence-corrected chi connectivity index (χ1v) is 6.97. The molecular formula is C13H16ClN5. The molecule has 1 aromatic heterocycles. The van der Waals surface area contributed by atoms with Gasteiger partial charge in [0.1, 0.15) is 0 Å². The molecule has 0 radical (unpaired) electrons. The number of nitrogens with zero attached hydrogens (tertiary/aromatic N) is 4. The molecule has 1 saturated carbocycles. The molecule has 0 atom stereocenters. The second-order valence-electron chi connectivity index (χ2n) is 4.99. The molecule has 1 aliphatic carbocycles. The molecule has 2 N–H and O–H groups in total. The number of halogens is 1. The molecule has 1 aromatic carbocycles. The highest BCUT2D eigenvalue weighted by Gasteiger charge is 2.23. The SMILES string of the molecule is Nc1ccc(-n2nnnc2C2CCCCC2)c(Cl)c1. The van der Waals surface area contributed by atoms with Crippen molar-refractivity contribution in [1.29, 1.82) is 0 Å². The predicted octanol–water partition coefficient (Wildman–Crippen LogP) is 2.95. The summed E-state index contributed by atoms with van der Waals surface area (Å²) in [5.41, 5.74) is 7.15. The number of benzene rings is 1. The molecule has 6 heteroatoms. The fraction of sp³-hybridized carbons (Fsp3) is 0.462. The Kier molecular flexibility index (Phi) is 3.38. The molecule has 19 heavy (non-hydrogen) atoms. The molecule has 1 fully saturated rings. The van der Waals surface area contributed by atoms with Gasteiger partial charge in [-0.05, 0) is 41.5 Å². The number of hydrogen-bond donors (Lipinski definition) is 1. The topological polar surface area (TPSA) is 69.6 Å². The van der Waals surface area contributed by atoms with Crippen molar-refractivity contribution in [3.8, 4) is 5.69 Å². The summed E-state index contributed by atoms with van der Waals surface area (Å²) in [5.74, 6) is 1.34. The van der Waals surface area contributed by atoms with Crippen LogP contribution in [0.4, 0.5) is 5.69 Å². The molecule has 0 aliphatic heterocycles. The normalized spacial score (nSPS) is 16.7. The summed E-state index contributed by atoms with van der Waals surface area (Å²) in [6.45, 7) is 0. The zero-order chi connectivity index (χ0) is 13.2. The standard InChI is InChI=1S/C13H16ClN5/c14-11-8-10(15)6-7-12(11)19-13(16-17-18-19)9-4-2-1-3-5-9/h6-9H,1-5,15H2. The highest BCUT2D eigenvalue weighted by atomic mass is 35.5. The van der Waals surface area contributed by atoms with Gasteiger partial charge in [-0.15, -0.1) is 5.10 Å². The largest absolute Gasteiger partial charge is 0.399 e. The van der Waals surface area contributed by atoms with Crippen LogP contribution in [0, 0.1) is 0 Å². The van der Waals surface area contributed by atoms with Gasteiger partial charge >= 0.3 is 0 Å². The Morgan fingerprint density at radius 3 is 2.74 bits per heavy atom. The lowest BCUT2D eigenvalue weighted by Gasteiger charge is -2.20. The van der Waals surface area contributed by atoms with E-state index in [1.807, 2.05) is 12.1 Å². The maximum atomic E-state index is 6.24. The van der Waals surface area contributed by atoms with Crippen LogP contribution in [-0.2, 0) is 0 Å². The Morgan fingerprint density at radius 1 is 1.21 bits per heavy atom. The molecule has 100 valence electrons. The van der Waals surface area contributed by atoms with Gasteiger partial charge in [-0.3, -0.25) is 0 Å². The van der Waals surface area contributed by atoms with Gasteiger partial charge in [0.2, 0.25) is 0 Å². The van der Waals surface area contributed by atoms with Gasteiger partial charge in [0.05, 0.1) is 10.7 Å². The van der Waals surface area contributed by atoms with Crippen molar-refractivity contribution >= 4 is 17.3 Å². The van der Waals surface area contributed by atoms with Crippen LogP contribution < -0.4 is 5.73 Å². The third kappa shape index (κ3) is 2.42. The second kappa shape index (κ2) is 5.17. The van der Waals surface area contributed by atoms with E-state index in [0.29, 0.717) is 16.6 Å². The molecule has 0 saturated heterocycles. The van der Waals surface area contributed by atoms with E-state index in [1.165, 1.54) is 19.3 Å². The molecule has 0 amide bonds. The van der Waals surface area contributed by atoms with Gasteiger partial charge in [0, 0.05) is 11.6 Å². The molecule has 3 rings (SSSR count). The first-order chi connectivity index (χ1) is 9.25. The third-order valence-electron chi connectivity index (χ3n) is 3.66. The average Bonchev–Trinajstić information content (AvgIpc) is 2.89. The van der Waals surface area contributed by atoms with Crippen LogP contribution in [-0.4, -0.2) is 20.2 Å². The maximum Gasteiger partial charge on any atom is 0.159 e. The third-order valence-corrected chi connectivity index (χ3v) is 3.97. The van der Waals surface area contributed by atoms with Crippen LogP contribution in [0.3, 0.4) is 0 Å². The molecule has 5 nitrogen and oxygen atoms in total. The minimum Gasteiger partial charge on any atom is -0.399 e. The Bertz CT molecular complexity index is 574.